The van der Waals surface area contributed by atoms with Gasteiger partial charge in [-0.3, -0.25) is 4.79 Å². The summed E-state index contributed by atoms with van der Waals surface area (Å²) >= 11 is 8.61. The number of hydrogen-bond acceptors (Lipinski definition) is 6. The van der Waals surface area contributed by atoms with E-state index in [1.165, 1.54) is 11.3 Å². The Morgan fingerprint density at radius 1 is 1.32 bits per heavy atom. The fourth-order valence-corrected chi connectivity index (χ4v) is 4.71. The Morgan fingerprint density at radius 3 is 2.60 bits per heavy atom. The molecule has 2 rings (SSSR count). The van der Waals surface area contributed by atoms with Gasteiger partial charge in [0.05, 0.1) is 22.9 Å². The van der Waals surface area contributed by atoms with E-state index in [-0.39, 0.29) is 12.5 Å². The van der Waals surface area contributed by atoms with Crippen LogP contribution in [0.4, 0.5) is 5.00 Å². The third kappa shape index (κ3) is 4.72. The molecule has 0 aromatic carbocycles. The Kier molecular flexibility index (Phi) is 6.83. The summed E-state index contributed by atoms with van der Waals surface area (Å²) in [6.45, 7) is 3.18. The number of rotatable bonds is 7. The number of ether oxygens (including phenoxy) is 1. The van der Waals surface area contributed by atoms with Crippen LogP contribution in [0, 0.1) is 0 Å². The maximum atomic E-state index is 12.3. The van der Waals surface area contributed by atoms with Crippen molar-refractivity contribution in [2.75, 3.05) is 26.4 Å². The number of carbonyl (C=O) groups excluding carboxylic acids is 2. The van der Waals surface area contributed by atoms with Crippen molar-refractivity contribution in [3.8, 4) is 0 Å². The highest BCUT2D eigenvalue weighted by atomic mass is 35.5. The summed E-state index contributed by atoms with van der Waals surface area (Å²) < 4.78 is 5.85. The molecule has 2 aromatic rings. The van der Waals surface area contributed by atoms with Gasteiger partial charge < -0.3 is 20.7 Å². The lowest BCUT2D eigenvalue weighted by Gasteiger charge is -2.14. The molecule has 4 N–H and O–H groups in total. The standard InChI is InChI=1S/C16H20ClN3O3S2/c1-4-23-16(22)12-10(13(15(21)19-2)25-14(12)18)8-20(3)7-9-5-6-11(17)24-9/h5-6H,4,7-8,18H2,1-3H3,(H,19,21)/p+1. The van der Waals surface area contributed by atoms with Gasteiger partial charge in [-0.1, -0.05) is 11.6 Å². The van der Waals surface area contributed by atoms with E-state index < -0.39 is 5.97 Å². The predicted octanol–water partition coefficient (Wildman–Crippen LogP) is 1.80. The minimum atomic E-state index is -0.492. The lowest BCUT2D eigenvalue weighted by atomic mass is 10.1. The van der Waals surface area contributed by atoms with E-state index >= 15 is 0 Å². The first-order valence-electron chi connectivity index (χ1n) is 7.73. The van der Waals surface area contributed by atoms with Crippen molar-refractivity contribution >= 4 is 51.2 Å². The van der Waals surface area contributed by atoms with Gasteiger partial charge in [0.15, 0.2) is 0 Å². The molecule has 0 saturated heterocycles. The molecule has 0 fully saturated rings. The van der Waals surface area contributed by atoms with Crippen molar-refractivity contribution in [1.82, 2.24) is 5.32 Å². The van der Waals surface area contributed by atoms with Gasteiger partial charge in [0.1, 0.15) is 28.5 Å². The molecule has 0 bridgehead atoms. The second-order valence-corrected chi connectivity index (χ2v) is 8.32. The highest BCUT2D eigenvalue weighted by molar-refractivity contribution is 7.18. The van der Waals surface area contributed by atoms with Crippen LogP contribution in [-0.4, -0.2) is 32.6 Å². The number of esters is 1. The quantitative estimate of drug-likeness (QED) is 0.616. The minimum Gasteiger partial charge on any atom is -0.462 e. The number of nitrogens with one attached hydrogen (secondary N) is 2. The van der Waals surface area contributed by atoms with Crippen LogP contribution in [-0.2, 0) is 17.8 Å². The molecule has 25 heavy (non-hydrogen) atoms. The Balaban J connectivity index is 2.32. The SMILES string of the molecule is CCOC(=O)c1c(N)sc(C(=O)NC)c1C[NH+](C)Cc1ccc(Cl)s1. The number of thiophene rings is 2. The molecule has 9 heteroatoms. The summed E-state index contributed by atoms with van der Waals surface area (Å²) in [5.74, 6) is -0.748. The maximum Gasteiger partial charge on any atom is 0.341 e. The van der Waals surface area contributed by atoms with E-state index in [1.54, 1.807) is 14.0 Å². The predicted molar refractivity (Wildman–Crippen MR) is 102 cm³/mol. The smallest absolute Gasteiger partial charge is 0.341 e. The first kappa shape index (κ1) is 19.7. The summed E-state index contributed by atoms with van der Waals surface area (Å²) in [7, 11) is 3.54. The van der Waals surface area contributed by atoms with Crippen LogP contribution in [0.2, 0.25) is 4.34 Å². The molecule has 6 nitrogen and oxygen atoms in total. The van der Waals surface area contributed by atoms with Gasteiger partial charge >= 0.3 is 5.97 Å². The van der Waals surface area contributed by atoms with Crippen molar-refractivity contribution in [1.29, 1.82) is 0 Å². The van der Waals surface area contributed by atoms with Gasteiger partial charge in [-0.05, 0) is 19.1 Å². The summed E-state index contributed by atoms with van der Waals surface area (Å²) in [5, 5.41) is 2.90. The van der Waals surface area contributed by atoms with E-state index in [1.807, 2.05) is 19.2 Å². The third-order valence-corrected chi connectivity index (χ3v) is 5.82. The summed E-state index contributed by atoms with van der Waals surface area (Å²) in [5.41, 5.74) is 6.94. The summed E-state index contributed by atoms with van der Waals surface area (Å²) in [6, 6.07) is 3.84. The van der Waals surface area contributed by atoms with Crippen LogP contribution in [0.5, 0.6) is 0 Å². The molecule has 0 aliphatic carbocycles. The highest BCUT2D eigenvalue weighted by Crippen LogP contribution is 2.31. The number of hydrogen-bond donors (Lipinski definition) is 3. The maximum absolute atomic E-state index is 12.3. The molecule has 2 aromatic heterocycles. The first-order valence-corrected chi connectivity index (χ1v) is 9.74. The fourth-order valence-electron chi connectivity index (χ4n) is 2.49. The Morgan fingerprint density at radius 2 is 2.04 bits per heavy atom. The monoisotopic (exact) mass is 402 g/mol. The molecular formula is C16H21ClN3O3S2+. The van der Waals surface area contributed by atoms with Crippen LogP contribution in [0.1, 0.15) is 37.4 Å². The van der Waals surface area contributed by atoms with Crippen molar-refractivity contribution in [3.63, 3.8) is 0 Å². The van der Waals surface area contributed by atoms with E-state index in [0.29, 0.717) is 27.5 Å². The molecule has 136 valence electrons. The molecule has 2 heterocycles. The number of amides is 1. The zero-order valence-electron chi connectivity index (χ0n) is 14.3. The van der Waals surface area contributed by atoms with E-state index in [9.17, 15) is 9.59 Å². The normalized spacial score (nSPS) is 12.0. The van der Waals surface area contributed by atoms with Crippen molar-refractivity contribution in [3.05, 3.63) is 37.4 Å². The van der Waals surface area contributed by atoms with Crippen LogP contribution in [0.3, 0.4) is 0 Å². The molecule has 1 unspecified atom stereocenters. The van der Waals surface area contributed by atoms with Crippen LogP contribution in [0.15, 0.2) is 12.1 Å². The van der Waals surface area contributed by atoms with Crippen molar-refractivity contribution in [2.45, 2.75) is 20.0 Å². The molecule has 0 aliphatic rings. The lowest BCUT2D eigenvalue weighted by Crippen LogP contribution is -3.06. The zero-order chi connectivity index (χ0) is 18.6. The number of quaternary nitrogens is 1. The first-order chi connectivity index (χ1) is 11.9. The Labute approximate surface area is 159 Å². The van der Waals surface area contributed by atoms with E-state index in [4.69, 9.17) is 22.1 Å². The van der Waals surface area contributed by atoms with Crippen molar-refractivity contribution < 1.29 is 19.2 Å². The number of nitrogens with two attached hydrogens (primary N) is 1. The molecular weight excluding hydrogens is 382 g/mol. The zero-order valence-corrected chi connectivity index (χ0v) is 16.7. The highest BCUT2D eigenvalue weighted by Gasteiger charge is 2.28. The van der Waals surface area contributed by atoms with Gasteiger partial charge in [-0.25, -0.2) is 4.79 Å². The number of anilines is 1. The molecule has 0 radical (unpaired) electrons. The van der Waals surface area contributed by atoms with E-state index in [2.05, 4.69) is 5.32 Å². The molecule has 0 spiro atoms. The van der Waals surface area contributed by atoms with Gasteiger partial charge in [0.25, 0.3) is 5.91 Å². The Hall–Kier alpha value is -1.61. The van der Waals surface area contributed by atoms with Gasteiger partial charge in [0, 0.05) is 12.6 Å². The molecule has 0 saturated carbocycles. The Bertz CT molecular complexity index is 773. The lowest BCUT2D eigenvalue weighted by molar-refractivity contribution is -0.907. The average molecular weight is 403 g/mol. The fraction of sp³-hybridized carbons (Fsp3) is 0.375. The van der Waals surface area contributed by atoms with Gasteiger partial charge in [-0.15, -0.1) is 22.7 Å². The second-order valence-electron chi connectivity index (χ2n) is 5.47. The molecule has 0 aliphatic heterocycles. The molecule has 1 atom stereocenters. The summed E-state index contributed by atoms with van der Waals surface area (Å²) in [6.07, 6.45) is 0. The van der Waals surface area contributed by atoms with Crippen LogP contribution >= 0.6 is 34.3 Å². The van der Waals surface area contributed by atoms with Gasteiger partial charge in [0.2, 0.25) is 0 Å². The van der Waals surface area contributed by atoms with E-state index in [0.717, 1.165) is 32.0 Å². The number of carbonyl (C=O) groups is 2. The van der Waals surface area contributed by atoms with Crippen LogP contribution in [0.25, 0.3) is 0 Å². The van der Waals surface area contributed by atoms with Crippen LogP contribution < -0.4 is 16.0 Å². The number of nitrogen functional groups attached to an aromatic ring is 1. The van der Waals surface area contributed by atoms with Crippen molar-refractivity contribution in [2.24, 2.45) is 0 Å². The number of halogens is 1. The largest absolute Gasteiger partial charge is 0.462 e. The molecule has 1 amide bonds. The average Bonchev–Trinajstić information content (AvgIpc) is 3.10. The summed E-state index contributed by atoms with van der Waals surface area (Å²) in [4.78, 5) is 27.2. The minimum absolute atomic E-state index is 0.249. The second kappa shape index (κ2) is 8.66. The third-order valence-electron chi connectivity index (χ3n) is 3.53. The van der Waals surface area contributed by atoms with Gasteiger partial charge in [-0.2, -0.15) is 0 Å². The topological polar surface area (TPSA) is 85.9 Å².